The van der Waals surface area contributed by atoms with Gasteiger partial charge in [0.05, 0.1) is 132 Å². The van der Waals surface area contributed by atoms with E-state index in [0.29, 0.717) is 132 Å². The van der Waals surface area contributed by atoms with Gasteiger partial charge in [-0.25, -0.2) is 0 Å². The highest BCUT2D eigenvalue weighted by Crippen LogP contribution is 2.03. The lowest BCUT2D eigenvalue weighted by molar-refractivity contribution is -0.0275. The van der Waals surface area contributed by atoms with E-state index in [1.54, 1.807) is 0 Å². The van der Waals surface area contributed by atoms with Crippen LogP contribution in [0.3, 0.4) is 0 Å². The number of rotatable bonds is 42. The number of ether oxygens (including phenoxy) is 11. The third-order valence-electron chi connectivity index (χ3n) is 6.06. The molecule has 0 aliphatic carbocycles. The van der Waals surface area contributed by atoms with Gasteiger partial charge in [0.25, 0.3) is 0 Å². The van der Waals surface area contributed by atoms with Gasteiger partial charge in [-0.05, 0) is 34.5 Å². The maximum atomic E-state index is 5.56. The van der Waals surface area contributed by atoms with Crippen LogP contribution in [0.15, 0.2) is 0 Å². The predicted molar refractivity (Wildman–Crippen MR) is 194 cm³/mol. The van der Waals surface area contributed by atoms with Gasteiger partial charge < -0.3 is 52.1 Å². The second kappa shape index (κ2) is 45.0. The molecule has 0 amide bonds. The average molecular weight is 879 g/mol. The summed E-state index contributed by atoms with van der Waals surface area (Å²) in [5.41, 5.74) is 0. The number of unbranched alkanes of at least 4 members (excludes halogenated alkanes) is 6. The summed E-state index contributed by atoms with van der Waals surface area (Å²) in [6, 6.07) is 0. The number of hydrogen-bond donors (Lipinski definition) is 0. The molecule has 0 aliphatic rings. The minimum Gasteiger partial charge on any atom is -0.379 e. The number of halogens is 2. The summed E-state index contributed by atoms with van der Waals surface area (Å²) >= 11 is 4.84. The first kappa shape index (κ1) is 46.0. The van der Waals surface area contributed by atoms with Crippen LogP contribution in [0.1, 0.15) is 51.4 Å². The normalized spacial score (nSPS) is 11.6. The molecule has 0 unspecified atom stereocenters. The topological polar surface area (TPSA) is 102 Å². The van der Waals surface area contributed by atoms with Crippen LogP contribution in [0.4, 0.5) is 0 Å². The monoisotopic (exact) mass is 878 g/mol. The second-order valence-corrected chi connectivity index (χ2v) is 12.1. The van der Waals surface area contributed by atoms with Crippen molar-refractivity contribution in [2.75, 3.05) is 154 Å². The van der Waals surface area contributed by atoms with Crippen molar-refractivity contribution in [3.63, 3.8) is 0 Å². The summed E-state index contributed by atoms with van der Waals surface area (Å²) in [4.78, 5) is 0. The van der Waals surface area contributed by atoms with Crippen molar-refractivity contribution in [3.05, 3.63) is 0 Å². The van der Waals surface area contributed by atoms with Crippen LogP contribution < -0.4 is 0 Å². The van der Waals surface area contributed by atoms with Gasteiger partial charge in [0.1, 0.15) is 0 Å². The lowest BCUT2D eigenvalue weighted by atomic mass is 10.2. The van der Waals surface area contributed by atoms with E-state index < -0.39 is 0 Å². The van der Waals surface area contributed by atoms with E-state index in [1.165, 1.54) is 47.4 Å². The molecule has 13 heteroatoms. The molecule has 0 radical (unpaired) electrons. The average Bonchev–Trinajstić information content (AvgIpc) is 3.05. The standard InChI is InChI=1S/C32H64I2O11/c33-9-5-1-3-7-11-35-13-15-37-17-19-39-21-23-41-25-27-43-29-31-45-32-30-44-28-26-42-24-22-40-20-18-38-16-14-36-12-8-4-2-6-10-34/h1-32H2. The highest BCUT2D eigenvalue weighted by Gasteiger charge is 1.97. The first-order chi connectivity index (χ1) is 22.4. The van der Waals surface area contributed by atoms with Gasteiger partial charge >= 0.3 is 0 Å². The third-order valence-corrected chi connectivity index (χ3v) is 7.59. The van der Waals surface area contributed by atoms with Gasteiger partial charge in [-0.15, -0.1) is 0 Å². The van der Waals surface area contributed by atoms with E-state index >= 15 is 0 Å². The van der Waals surface area contributed by atoms with E-state index in [2.05, 4.69) is 45.2 Å². The van der Waals surface area contributed by atoms with Crippen LogP contribution in [0.25, 0.3) is 0 Å². The van der Waals surface area contributed by atoms with Crippen LogP contribution in [-0.2, 0) is 52.1 Å². The molecule has 0 atom stereocenters. The zero-order valence-corrected chi connectivity index (χ0v) is 32.2. The van der Waals surface area contributed by atoms with Crippen molar-refractivity contribution in [1.82, 2.24) is 0 Å². The molecule has 45 heavy (non-hydrogen) atoms. The van der Waals surface area contributed by atoms with Gasteiger partial charge in [-0.3, -0.25) is 0 Å². The molecule has 11 nitrogen and oxygen atoms in total. The van der Waals surface area contributed by atoms with Gasteiger partial charge in [-0.1, -0.05) is 70.9 Å². The maximum Gasteiger partial charge on any atom is 0.0701 e. The summed E-state index contributed by atoms with van der Waals surface area (Å²) in [7, 11) is 0. The van der Waals surface area contributed by atoms with Crippen molar-refractivity contribution < 1.29 is 52.1 Å². The Balaban J connectivity index is 3.03. The molecule has 0 aromatic carbocycles. The molecular weight excluding hydrogens is 814 g/mol. The van der Waals surface area contributed by atoms with E-state index in [-0.39, 0.29) is 0 Å². The van der Waals surface area contributed by atoms with Crippen LogP contribution in [0.5, 0.6) is 0 Å². The summed E-state index contributed by atoms with van der Waals surface area (Å²) in [5.74, 6) is 0. The molecule has 0 spiro atoms. The Kier molecular flexibility index (Phi) is 46.0. The van der Waals surface area contributed by atoms with Crippen molar-refractivity contribution in [2.45, 2.75) is 51.4 Å². The van der Waals surface area contributed by atoms with Crippen LogP contribution in [0, 0.1) is 0 Å². The van der Waals surface area contributed by atoms with E-state index in [9.17, 15) is 0 Å². The fourth-order valence-electron chi connectivity index (χ4n) is 3.61. The van der Waals surface area contributed by atoms with Gasteiger partial charge in [-0.2, -0.15) is 0 Å². The second-order valence-electron chi connectivity index (χ2n) is 9.94. The zero-order chi connectivity index (χ0) is 32.4. The quantitative estimate of drug-likeness (QED) is 0.0462. The molecule has 0 bridgehead atoms. The van der Waals surface area contributed by atoms with Crippen molar-refractivity contribution in [2.24, 2.45) is 0 Å². The Hall–Kier alpha value is 1.02. The van der Waals surface area contributed by atoms with Crippen LogP contribution in [-0.4, -0.2) is 154 Å². The minimum absolute atomic E-state index is 0.527. The summed E-state index contributed by atoms with van der Waals surface area (Å²) in [5, 5.41) is 0. The molecule has 0 rings (SSSR count). The molecule has 0 fully saturated rings. The van der Waals surface area contributed by atoms with Gasteiger partial charge in [0, 0.05) is 13.2 Å². The van der Waals surface area contributed by atoms with Crippen molar-refractivity contribution in [1.29, 1.82) is 0 Å². The first-order valence-corrected chi connectivity index (χ1v) is 19.9. The minimum atomic E-state index is 0.527. The lowest BCUT2D eigenvalue weighted by Gasteiger charge is -2.09. The fraction of sp³-hybridized carbons (Fsp3) is 1.00. The molecule has 272 valence electrons. The van der Waals surface area contributed by atoms with E-state index in [4.69, 9.17) is 52.1 Å². The van der Waals surface area contributed by atoms with Crippen molar-refractivity contribution in [3.8, 4) is 0 Å². The molecule has 0 N–H and O–H groups in total. The van der Waals surface area contributed by atoms with Crippen LogP contribution >= 0.6 is 45.2 Å². The Morgan fingerprint density at radius 2 is 0.333 bits per heavy atom. The highest BCUT2D eigenvalue weighted by molar-refractivity contribution is 14.1. The zero-order valence-electron chi connectivity index (χ0n) is 27.9. The molecule has 0 aromatic rings. The SMILES string of the molecule is ICCCCCCOCCOCCOCCOCCOCCOCCOCCOCCOCCOCCOCCCCCCI. The number of hydrogen-bond acceptors (Lipinski definition) is 11. The molecule has 0 saturated carbocycles. The Bertz CT molecular complexity index is 472. The molecular formula is C32H64I2O11. The smallest absolute Gasteiger partial charge is 0.0701 e. The third kappa shape index (κ3) is 45.0. The Morgan fingerprint density at radius 3 is 0.511 bits per heavy atom. The van der Waals surface area contributed by atoms with Gasteiger partial charge in [0.2, 0.25) is 0 Å². The predicted octanol–water partition coefficient (Wildman–Crippen LogP) is 5.16. The number of alkyl halides is 2. The summed E-state index contributed by atoms with van der Waals surface area (Å²) in [6.07, 6.45) is 9.98. The first-order valence-electron chi connectivity index (χ1n) is 16.9. The molecule has 0 heterocycles. The van der Waals surface area contributed by atoms with E-state index in [0.717, 1.165) is 26.1 Å². The highest BCUT2D eigenvalue weighted by atomic mass is 127. The molecule has 0 aliphatic heterocycles. The summed E-state index contributed by atoms with van der Waals surface area (Å²) < 4.78 is 63.1. The molecule has 0 saturated heterocycles. The van der Waals surface area contributed by atoms with Crippen molar-refractivity contribution >= 4 is 45.2 Å². The summed E-state index contributed by atoms with van der Waals surface area (Å²) in [6.45, 7) is 12.9. The van der Waals surface area contributed by atoms with E-state index in [1.807, 2.05) is 0 Å². The maximum absolute atomic E-state index is 5.56. The Labute approximate surface area is 301 Å². The fourth-order valence-corrected chi connectivity index (χ4v) is 4.68. The lowest BCUT2D eigenvalue weighted by Crippen LogP contribution is -2.15. The van der Waals surface area contributed by atoms with Gasteiger partial charge in [0.15, 0.2) is 0 Å². The molecule has 0 aromatic heterocycles. The largest absolute Gasteiger partial charge is 0.379 e. The van der Waals surface area contributed by atoms with Crippen LogP contribution in [0.2, 0.25) is 0 Å². The Morgan fingerprint density at radius 1 is 0.178 bits per heavy atom.